The van der Waals surface area contributed by atoms with E-state index >= 15 is 0 Å². The number of rotatable bonds is 4. The standard InChI is InChI=1S/C15H19FO3/c1-19-13-8-7-11(9-12(13)16)14(15(17)18)10-5-3-2-4-6-10/h7-10,14H,2-6H2,1H3,(H,17,18). The molecule has 1 aliphatic rings. The predicted octanol–water partition coefficient (Wildman–Crippen LogP) is 3.58. The van der Waals surface area contributed by atoms with E-state index in [9.17, 15) is 14.3 Å². The third-order valence-corrected chi connectivity index (χ3v) is 3.92. The van der Waals surface area contributed by atoms with Crippen molar-refractivity contribution < 1.29 is 19.0 Å². The maximum absolute atomic E-state index is 13.7. The van der Waals surface area contributed by atoms with Crippen molar-refractivity contribution in [3.63, 3.8) is 0 Å². The maximum Gasteiger partial charge on any atom is 0.311 e. The molecule has 1 atom stereocenters. The Balaban J connectivity index is 2.28. The van der Waals surface area contributed by atoms with E-state index in [0.717, 1.165) is 25.7 Å². The first-order valence-corrected chi connectivity index (χ1v) is 6.69. The maximum atomic E-state index is 13.7. The first-order chi connectivity index (χ1) is 9.13. The average molecular weight is 266 g/mol. The molecule has 19 heavy (non-hydrogen) atoms. The molecule has 2 rings (SSSR count). The molecule has 0 aliphatic heterocycles. The van der Waals surface area contributed by atoms with Crippen LogP contribution in [-0.4, -0.2) is 18.2 Å². The van der Waals surface area contributed by atoms with E-state index in [0.29, 0.717) is 5.56 Å². The van der Waals surface area contributed by atoms with Crippen molar-refractivity contribution in [2.45, 2.75) is 38.0 Å². The van der Waals surface area contributed by atoms with E-state index in [-0.39, 0.29) is 11.7 Å². The van der Waals surface area contributed by atoms with Crippen molar-refractivity contribution in [3.05, 3.63) is 29.6 Å². The number of ether oxygens (including phenoxy) is 1. The zero-order valence-corrected chi connectivity index (χ0v) is 11.1. The molecule has 0 heterocycles. The van der Waals surface area contributed by atoms with Crippen LogP contribution in [0.4, 0.5) is 4.39 Å². The van der Waals surface area contributed by atoms with Crippen LogP contribution >= 0.6 is 0 Å². The molecule has 1 aliphatic carbocycles. The van der Waals surface area contributed by atoms with Gasteiger partial charge in [-0.15, -0.1) is 0 Å². The lowest BCUT2D eigenvalue weighted by Crippen LogP contribution is -2.23. The lowest BCUT2D eigenvalue weighted by Gasteiger charge is -2.27. The quantitative estimate of drug-likeness (QED) is 0.906. The normalized spacial score (nSPS) is 18.0. The number of halogens is 1. The molecule has 0 spiro atoms. The van der Waals surface area contributed by atoms with E-state index < -0.39 is 17.7 Å². The molecule has 0 saturated heterocycles. The van der Waals surface area contributed by atoms with Gasteiger partial charge in [0.15, 0.2) is 11.6 Å². The van der Waals surface area contributed by atoms with Gasteiger partial charge in [0.2, 0.25) is 0 Å². The number of carboxylic acid groups (broad SMARTS) is 1. The highest BCUT2D eigenvalue weighted by Crippen LogP contribution is 2.37. The summed E-state index contributed by atoms with van der Waals surface area (Å²) in [6.07, 6.45) is 5.11. The average Bonchev–Trinajstić information content (AvgIpc) is 2.40. The molecular formula is C15H19FO3. The number of hydrogen-bond acceptors (Lipinski definition) is 2. The summed E-state index contributed by atoms with van der Waals surface area (Å²) in [6, 6.07) is 4.46. The van der Waals surface area contributed by atoms with Crippen LogP contribution < -0.4 is 4.74 Å². The van der Waals surface area contributed by atoms with E-state index in [1.165, 1.54) is 25.7 Å². The lowest BCUT2D eigenvalue weighted by atomic mass is 9.77. The highest BCUT2D eigenvalue weighted by Gasteiger charge is 2.31. The number of carbonyl (C=O) groups is 1. The molecule has 0 bridgehead atoms. The lowest BCUT2D eigenvalue weighted by molar-refractivity contribution is -0.140. The van der Waals surface area contributed by atoms with Gasteiger partial charge in [0.25, 0.3) is 0 Å². The summed E-state index contributed by atoms with van der Waals surface area (Å²) in [5, 5.41) is 9.44. The number of benzene rings is 1. The summed E-state index contributed by atoms with van der Waals surface area (Å²) >= 11 is 0. The zero-order chi connectivity index (χ0) is 13.8. The van der Waals surface area contributed by atoms with Gasteiger partial charge >= 0.3 is 5.97 Å². The Bertz CT molecular complexity index is 453. The predicted molar refractivity (Wildman–Crippen MR) is 69.9 cm³/mol. The first kappa shape index (κ1) is 13.8. The van der Waals surface area contributed by atoms with Crippen molar-refractivity contribution >= 4 is 5.97 Å². The summed E-state index contributed by atoms with van der Waals surface area (Å²) in [7, 11) is 1.40. The third kappa shape index (κ3) is 3.06. The number of methoxy groups -OCH3 is 1. The van der Waals surface area contributed by atoms with Crippen LogP contribution in [0.1, 0.15) is 43.6 Å². The smallest absolute Gasteiger partial charge is 0.311 e. The molecule has 1 unspecified atom stereocenters. The Morgan fingerprint density at radius 3 is 2.58 bits per heavy atom. The zero-order valence-electron chi connectivity index (χ0n) is 11.1. The molecule has 1 fully saturated rings. The Morgan fingerprint density at radius 2 is 2.05 bits per heavy atom. The second kappa shape index (κ2) is 6.04. The molecule has 1 aromatic rings. The van der Waals surface area contributed by atoms with Crippen LogP contribution in [-0.2, 0) is 4.79 Å². The summed E-state index contributed by atoms with van der Waals surface area (Å²) in [4.78, 5) is 11.5. The molecule has 4 heteroatoms. The van der Waals surface area contributed by atoms with Gasteiger partial charge in [0, 0.05) is 0 Å². The van der Waals surface area contributed by atoms with Crippen molar-refractivity contribution in [3.8, 4) is 5.75 Å². The monoisotopic (exact) mass is 266 g/mol. The van der Waals surface area contributed by atoms with Crippen LogP contribution in [0.3, 0.4) is 0 Å². The van der Waals surface area contributed by atoms with Gasteiger partial charge in [-0.25, -0.2) is 4.39 Å². The Morgan fingerprint density at radius 1 is 1.37 bits per heavy atom. The highest BCUT2D eigenvalue weighted by molar-refractivity contribution is 5.76. The van der Waals surface area contributed by atoms with Crippen molar-refractivity contribution in [1.82, 2.24) is 0 Å². The largest absolute Gasteiger partial charge is 0.494 e. The van der Waals surface area contributed by atoms with E-state index in [4.69, 9.17) is 4.74 Å². The van der Waals surface area contributed by atoms with E-state index in [1.54, 1.807) is 6.07 Å². The highest BCUT2D eigenvalue weighted by atomic mass is 19.1. The van der Waals surface area contributed by atoms with Crippen LogP contribution in [0.25, 0.3) is 0 Å². The van der Waals surface area contributed by atoms with Crippen molar-refractivity contribution in [1.29, 1.82) is 0 Å². The molecule has 104 valence electrons. The molecule has 0 radical (unpaired) electrons. The SMILES string of the molecule is COc1ccc(C(C(=O)O)C2CCCCC2)cc1F. The van der Waals surface area contributed by atoms with Gasteiger partial charge < -0.3 is 9.84 Å². The topological polar surface area (TPSA) is 46.5 Å². The Kier molecular flexibility index (Phi) is 4.40. The number of hydrogen-bond donors (Lipinski definition) is 1. The molecule has 1 saturated carbocycles. The van der Waals surface area contributed by atoms with E-state index in [1.807, 2.05) is 0 Å². The van der Waals surface area contributed by atoms with Crippen LogP contribution in [0.15, 0.2) is 18.2 Å². The Labute approximate surface area is 112 Å². The molecular weight excluding hydrogens is 247 g/mol. The van der Waals surface area contributed by atoms with Gasteiger partial charge in [0.05, 0.1) is 13.0 Å². The summed E-state index contributed by atoms with van der Waals surface area (Å²) in [6.45, 7) is 0. The minimum atomic E-state index is -0.864. The second-order valence-corrected chi connectivity index (χ2v) is 5.11. The van der Waals surface area contributed by atoms with Crippen LogP contribution in [0.5, 0.6) is 5.75 Å². The number of aliphatic carboxylic acids is 1. The van der Waals surface area contributed by atoms with E-state index in [2.05, 4.69) is 0 Å². The van der Waals surface area contributed by atoms with Crippen LogP contribution in [0, 0.1) is 11.7 Å². The summed E-state index contributed by atoms with van der Waals surface area (Å²) in [5.41, 5.74) is 0.540. The van der Waals surface area contributed by atoms with Crippen molar-refractivity contribution in [2.75, 3.05) is 7.11 Å². The molecule has 3 nitrogen and oxygen atoms in total. The number of carboxylic acids is 1. The minimum absolute atomic E-state index is 0.110. The minimum Gasteiger partial charge on any atom is -0.494 e. The molecule has 1 aromatic carbocycles. The Hall–Kier alpha value is -1.58. The first-order valence-electron chi connectivity index (χ1n) is 6.69. The second-order valence-electron chi connectivity index (χ2n) is 5.11. The van der Waals surface area contributed by atoms with Gasteiger partial charge in [0.1, 0.15) is 0 Å². The summed E-state index contributed by atoms with van der Waals surface area (Å²) in [5.74, 6) is -1.71. The fourth-order valence-corrected chi connectivity index (χ4v) is 2.96. The fourth-order valence-electron chi connectivity index (χ4n) is 2.96. The van der Waals surface area contributed by atoms with Gasteiger partial charge in [-0.3, -0.25) is 4.79 Å². The van der Waals surface area contributed by atoms with Gasteiger partial charge in [-0.1, -0.05) is 25.3 Å². The fraction of sp³-hybridized carbons (Fsp3) is 0.533. The molecule has 0 aromatic heterocycles. The summed E-state index contributed by atoms with van der Waals surface area (Å²) < 4.78 is 18.6. The third-order valence-electron chi connectivity index (χ3n) is 3.92. The molecule has 1 N–H and O–H groups in total. The van der Waals surface area contributed by atoms with Crippen molar-refractivity contribution in [2.24, 2.45) is 5.92 Å². The van der Waals surface area contributed by atoms with Crippen LogP contribution in [0.2, 0.25) is 0 Å². The van der Waals surface area contributed by atoms with Gasteiger partial charge in [-0.05, 0) is 36.5 Å². The van der Waals surface area contributed by atoms with Gasteiger partial charge in [-0.2, -0.15) is 0 Å². The molecule has 0 amide bonds.